The monoisotopic (exact) mass is 250 g/mol. The van der Waals surface area contributed by atoms with Gasteiger partial charge in [0.05, 0.1) is 7.11 Å². The first-order valence-electron chi connectivity index (χ1n) is 6.47. The second kappa shape index (κ2) is 5.72. The second-order valence-corrected chi connectivity index (χ2v) is 5.96. The fraction of sp³-hybridized carbons (Fsp3) is 0.600. The number of methoxy groups -OCH3 is 1. The molecule has 0 saturated heterocycles. The van der Waals surface area contributed by atoms with Gasteiger partial charge in [-0.1, -0.05) is 26.0 Å². The Morgan fingerprint density at radius 3 is 2.33 bits per heavy atom. The Balaban J connectivity index is 3.07. The molecule has 3 nitrogen and oxygen atoms in total. The molecule has 1 unspecified atom stereocenters. The molecule has 0 amide bonds. The van der Waals surface area contributed by atoms with Crippen LogP contribution in [0.5, 0.6) is 5.75 Å². The number of rotatable bonds is 5. The van der Waals surface area contributed by atoms with Gasteiger partial charge in [0.15, 0.2) is 0 Å². The summed E-state index contributed by atoms with van der Waals surface area (Å²) >= 11 is 0. The summed E-state index contributed by atoms with van der Waals surface area (Å²) in [6, 6.07) is 6.12. The van der Waals surface area contributed by atoms with Crippen LogP contribution in [0.25, 0.3) is 0 Å². The van der Waals surface area contributed by atoms with Gasteiger partial charge in [0.1, 0.15) is 5.75 Å². The van der Waals surface area contributed by atoms with Crippen molar-refractivity contribution in [1.82, 2.24) is 0 Å². The van der Waals surface area contributed by atoms with Gasteiger partial charge in [0.2, 0.25) is 0 Å². The minimum atomic E-state index is -0.280. The van der Waals surface area contributed by atoms with Crippen molar-refractivity contribution in [3.63, 3.8) is 0 Å². The molecule has 0 aliphatic carbocycles. The molecule has 0 aliphatic heterocycles. The van der Waals surface area contributed by atoms with Gasteiger partial charge >= 0.3 is 0 Å². The fourth-order valence-electron chi connectivity index (χ4n) is 2.08. The maximum atomic E-state index is 6.27. The van der Waals surface area contributed by atoms with Gasteiger partial charge in [0, 0.05) is 17.1 Å². The van der Waals surface area contributed by atoms with Gasteiger partial charge in [-0.25, -0.2) is 0 Å². The zero-order valence-corrected chi connectivity index (χ0v) is 12.2. The third kappa shape index (κ3) is 4.00. The Labute approximate surface area is 111 Å². The molecule has 1 atom stereocenters. The van der Waals surface area contributed by atoms with Crippen LogP contribution in [0, 0.1) is 0 Å². The molecule has 1 rings (SSSR count). The van der Waals surface area contributed by atoms with Crippen LogP contribution in [0.2, 0.25) is 0 Å². The smallest absolute Gasteiger partial charge is 0.123 e. The summed E-state index contributed by atoms with van der Waals surface area (Å²) in [5.41, 5.74) is 14.3. The quantitative estimate of drug-likeness (QED) is 0.844. The van der Waals surface area contributed by atoms with Crippen molar-refractivity contribution in [2.75, 3.05) is 7.11 Å². The molecule has 0 fully saturated rings. The molecule has 0 heterocycles. The lowest BCUT2D eigenvalue weighted by Crippen LogP contribution is -2.36. The normalized spacial score (nSPS) is 13.8. The summed E-state index contributed by atoms with van der Waals surface area (Å²) in [5.74, 6) is 1.32. The first-order valence-corrected chi connectivity index (χ1v) is 6.47. The summed E-state index contributed by atoms with van der Waals surface area (Å²) in [5, 5.41) is 0. The predicted molar refractivity (Wildman–Crippen MR) is 76.9 cm³/mol. The van der Waals surface area contributed by atoms with Crippen molar-refractivity contribution in [2.24, 2.45) is 11.5 Å². The van der Waals surface area contributed by atoms with Crippen LogP contribution in [0.15, 0.2) is 18.2 Å². The average molecular weight is 250 g/mol. The third-order valence-electron chi connectivity index (χ3n) is 3.07. The van der Waals surface area contributed by atoms with E-state index in [0.29, 0.717) is 5.92 Å². The molecule has 3 heteroatoms. The highest BCUT2D eigenvalue weighted by Gasteiger charge is 2.20. The van der Waals surface area contributed by atoms with E-state index >= 15 is 0 Å². The highest BCUT2D eigenvalue weighted by atomic mass is 16.5. The highest BCUT2D eigenvalue weighted by Crippen LogP contribution is 2.31. The van der Waals surface area contributed by atoms with Gasteiger partial charge in [-0.15, -0.1) is 0 Å². The van der Waals surface area contributed by atoms with Gasteiger partial charge in [-0.3, -0.25) is 0 Å². The molecule has 0 aromatic heterocycles. The van der Waals surface area contributed by atoms with E-state index in [1.807, 2.05) is 19.9 Å². The molecule has 102 valence electrons. The maximum Gasteiger partial charge on any atom is 0.123 e. The molecule has 1 aromatic carbocycles. The summed E-state index contributed by atoms with van der Waals surface area (Å²) in [4.78, 5) is 0. The van der Waals surface area contributed by atoms with E-state index < -0.39 is 0 Å². The van der Waals surface area contributed by atoms with E-state index in [2.05, 4.69) is 26.0 Å². The number of ether oxygens (including phenoxy) is 1. The predicted octanol–water partition coefficient (Wildman–Crippen LogP) is 2.95. The summed E-state index contributed by atoms with van der Waals surface area (Å²) in [6.45, 7) is 8.32. The van der Waals surface area contributed by atoms with Crippen LogP contribution in [0.1, 0.15) is 57.2 Å². The van der Waals surface area contributed by atoms with Crippen molar-refractivity contribution in [3.05, 3.63) is 29.3 Å². The lowest BCUT2D eigenvalue weighted by atomic mass is 9.90. The average Bonchev–Trinajstić information content (AvgIpc) is 2.25. The van der Waals surface area contributed by atoms with Crippen molar-refractivity contribution < 1.29 is 4.74 Å². The zero-order chi connectivity index (χ0) is 13.9. The van der Waals surface area contributed by atoms with Crippen LogP contribution < -0.4 is 16.2 Å². The zero-order valence-electron chi connectivity index (χ0n) is 12.2. The maximum absolute atomic E-state index is 6.27. The molecule has 18 heavy (non-hydrogen) atoms. The van der Waals surface area contributed by atoms with Gasteiger partial charge in [-0.2, -0.15) is 0 Å². The molecule has 0 spiro atoms. The first-order chi connectivity index (χ1) is 8.24. The van der Waals surface area contributed by atoms with Gasteiger partial charge in [0.25, 0.3) is 0 Å². The van der Waals surface area contributed by atoms with E-state index in [1.54, 1.807) is 7.11 Å². The van der Waals surface area contributed by atoms with E-state index in [9.17, 15) is 0 Å². The minimum Gasteiger partial charge on any atom is -0.496 e. The summed E-state index contributed by atoms with van der Waals surface area (Å²) in [6.07, 6.45) is 0.727. The lowest BCUT2D eigenvalue weighted by molar-refractivity contribution is 0.388. The summed E-state index contributed by atoms with van der Waals surface area (Å²) in [7, 11) is 1.67. The third-order valence-corrected chi connectivity index (χ3v) is 3.07. The largest absolute Gasteiger partial charge is 0.496 e. The standard InChI is InChI=1S/C15H26N2O/c1-10(2)11-6-7-14(18-5)12(8-11)13(16)9-15(3,4)17/h6-8,10,13H,9,16-17H2,1-5H3. The molecule has 0 aliphatic rings. The SMILES string of the molecule is COc1ccc(C(C)C)cc1C(N)CC(C)(C)N. The molecular formula is C15H26N2O. The van der Waals surface area contributed by atoms with Crippen LogP contribution in [-0.2, 0) is 0 Å². The molecular weight excluding hydrogens is 224 g/mol. The number of nitrogens with two attached hydrogens (primary N) is 2. The molecule has 0 radical (unpaired) electrons. The van der Waals surface area contributed by atoms with Gasteiger partial charge in [-0.05, 0) is 37.8 Å². The minimum absolute atomic E-state index is 0.0985. The van der Waals surface area contributed by atoms with Crippen LogP contribution in [-0.4, -0.2) is 12.6 Å². The highest BCUT2D eigenvalue weighted by molar-refractivity contribution is 5.40. The van der Waals surface area contributed by atoms with Crippen LogP contribution in [0.3, 0.4) is 0 Å². The number of benzene rings is 1. The van der Waals surface area contributed by atoms with Crippen molar-refractivity contribution in [1.29, 1.82) is 0 Å². The van der Waals surface area contributed by atoms with Crippen molar-refractivity contribution >= 4 is 0 Å². The number of hydrogen-bond donors (Lipinski definition) is 2. The Bertz CT molecular complexity index is 394. The first kappa shape index (κ1) is 15.0. The van der Waals surface area contributed by atoms with Crippen molar-refractivity contribution in [3.8, 4) is 5.75 Å². The van der Waals surface area contributed by atoms with E-state index in [4.69, 9.17) is 16.2 Å². The molecule has 1 aromatic rings. The van der Waals surface area contributed by atoms with Gasteiger partial charge < -0.3 is 16.2 Å². The molecule has 4 N–H and O–H groups in total. The molecule has 0 saturated carbocycles. The van der Waals surface area contributed by atoms with Crippen LogP contribution >= 0.6 is 0 Å². The Morgan fingerprint density at radius 2 is 1.89 bits per heavy atom. The Morgan fingerprint density at radius 1 is 1.28 bits per heavy atom. The topological polar surface area (TPSA) is 61.3 Å². The summed E-state index contributed by atoms with van der Waals surface area (Å²) < 4.78 is 5.39. The van der Waals surface area contributed by atoms with Crippen LogP contribution in [0.4, 0.5) is 0 Å². The van der Waals surface area contributed by atoms with E-state index in [1.165, 1.54) is 5.56 Å². The second-order valence-electron chi connectivity index (χ2n) is 5.96. The fourth-order valence-corrected chi connectivity index (χ4v) is 2.08. The number of hydrogen-bond acceptors (Lipinski definition) is 3. The van der Waals surface area contributed by atoms with E-state index in [-0.39, 0.29) is 11.6 Å². The molecule has 0 bridgehead atoms. The van der Waals surface area contributed by atoms with Crippen molar-refractivity contribution in [2.45, 2.75) is 51.6 Å². The Kier molecular flexibility index (Phi) is 4.77. The Hall–Kier alpha value is -1.06. The lowest BCUT2D eigenvalue weighted by Gasteiger charge is -2.25. The van der Waals surface area contributed by atoms with E-state index in [0.717, 1.165) is 17.7 Å².